The van der Waals surface area contributed by atoms with Crippen molar-refractivity contribution in [3.8, 4) is 0 Å². The number of rotatable bonds is 6. The van der Waals surface area contributed by atoms with Gasteiger partial charge >= 0.3 is 66.5 Å². The summed E-state index contributed by atoms with van der Waals surface area (Å²) < 4.78 is 0. The Balaban J connectivity index is -0.000000373. The molecule has 0 fully saturated rings. The SMILES string of the molecule is C1=C[N-]c2c3c(ccc2=C1)=CC=C[N-]3.C1=C[N-]c2c3c(ccc2=C1)=CC=C[N-]3.O.O.O.O.O=C(O)c1cc(C(O)O)cc(C(O)O)c1.O=C(O)c1cc(C(O)O)cc(C(O)O)c1.[Cd+2].[Cd+2].[Cd].[Cd]. The van der Waals surface area contributed by atoms with E-state index in [0.717, 1.165) is 80.0 Å². The molecule has 20 nitrogen and oxygen atoms in total. The predicted octanol–water partition coefficient (Wildman–Crippen LogP) is 0.0188. The number of fused-ring (bicyclic) bond motifs is 6. The first-order chi connectivity index (χ1) is 27.7. The molecule has 8 rings (SSSR count). The first-order valence-electron chi connectivity index (χ1n) is 17.1. The van der Waals surface area contributed by atoms with Crippen LogP contribution in [0.25, 0.3) is 45.6 Å². The molecule has 4 aliphatic heterocycles. The van der Waals surface area contributed by atoms with Crippen LogP contribution in [0.1, 0.15) is 68.1 Å². The number of aliphatic hydroxyl groups is 8. The zero-order valence-electron chi connectivity index (χ0n) is 34.9. The number of nitrogens with zero attached hydrogens (tertiary/aromatic N) is 4. The van der Waals surface area contributed by atoms with E-state index in [2.05, 4.69) is 69.8 Å². The zero-order valence-corrected chi connectivity index (χ0v) is 51.1. The van der Waals surface area contributed by atoms with E-state index in [1.807, 2.05) is 24.3 Å². The van der Waals surface area contributed by atoms with Gasteiger partial charge in [0.25, 0.3) is 0 Å². The molecule has 0 aromatic heterocycles. The fraction of sp³-hybridized carbons (Fsp3) is 0.0952. The molecule has 0 atom stereocenters. The third-order valence-corrected chi connectivity index (χ3v) is 8.33. The van der Waals surface area contributed by atoms with Crippen molar-refractivity contribution >= 4 is 59.0 Å². The van der Waals surface area contributed by atoms with E-state index in [0.29, 0.717) is 0 Å². The van der Waals surface area contributed by atoms with Crippen LogP contribution in [0.3, 0.4) is 0 Å². The monoisotopic (exact) mass is 1320 g/mol. The summed E-state index contributed by atoms with van der Waals surface area (Å²) in [7, 11) is 0. The van der Waals surface area contributed by atoms with Crippen molar-refractivity contribution in [3.63, 3.8) is 0 Å². The minimum Gasteiger partial charge on any atom is -0.665 e. The van der Waals surface area contributed by atoms with Crippen molar-refractivity contribution in [2.45, 2.75) is 25.2 Å². The van der Waals surface area contributed by atoms with E-state index >= 15 is 0 Å². The minimum atomic E-state index is -1.86. The second-order valence-electron chi connectivity index (χ2n) is 12.3. The molecule has 0 unspecified atom stereocenters. The van der Waals surface area contributed by atoms with Crippen molar-refractivity contribution in [1.82, 2.24) is 0 Å². The largest absolute Gasteiger partial charge is 2.00 e. The molecule has 4 aromatic carbocycles. The molecule has 66 heavy (non-hydrogen) atoms. The minimum absolute atomic E-state index is 0. The number of benzene rings is 4. The van der Waals surface area contributed by atoms with E-state index in [1.54, 1.807) is 24.8 Å². The molecule has 4 aliphatic rings. The molecule has 4 aromatic rings. The molecule has 0 amide bonds. The fourth-order valence-corrected chi connectivity index (χ4v) is 5.56. The third-order valence-electron chi connectivity index (χ3n) is 8.33. The normalized spacial score (nSPS) is 11.6. The maximum atomic E-state index is 10.6. The molecule has 24 heteroatoms. The average molecular weight is 1310 g/mol. The second-order valence-corrected chi connectivity index (χ2v) is 12.3. The molecule has 0 saturated carbocycles. The summed E-state index contributed by atoms with van der Waals surface area (Å²) in [6, 6.07) is 14.7. The van der Waals surface area contributed by atoms with Gasteiger partial charge in [-0.1, -0.05) is 72.9 Å². The van der Waals surface area contributed by atoms with Crippen LogP contribution in [0, 0.1) is 0 Å². The van der Waals surface area contributed by atoms with Crippen LogP contribution in [0.4, 0.5) is 22.7 Å². The van der Waals surface area contributed by atoms with E-state index in [9.17, 15) is 9.59 Å². The first-order valence-corrected chi connectivity index (χ1v) is 17.1. The van der Waals surface area contributed by atoms with Gasteiger partial charge < -0.3 is 94.2 Å². The molecule has 0 bridgehead atoms. The Morgan fingerprint density at radius 3 is 0.742 bits per heavy atom. The van der Waals surface area contributed by atoms with Crippen molar-refractivity contribution in [2.75, 3.05) is 0 Å². The molecule has 336 valence electrons. The summed E-state index contributed by atoms with van der Waals surface area (Å²) in [6.45, 7) is 0. The Morgan fingerprint density at radius 1 is 0.379 bits per heavy atom. The van der Waals surface area contributed by atoms with Gasteiger partial charge in [-0.3, -0.25) is 0 Å². The second kappa shape index (κ2) is 33.2. The van der Waals surface area contributed by atoms with Gasteiger partial charge in [0, 0.05) is 76.9 Å². The summed E-state index contributed by atoms with van der Waals surface area (Å²) in [6.07, 6.45) is 15.7. The molecule has 0 radical (unpaired) electrons. The van der Waals surface area contributed by atoms with Gasteiger partial charge in [0.15, 0.2) is 25.2 Å². The summed E-state index contributed by atoms with van der Waals surface area (Å²) in [5.41, 5.74) is 2.96. The van der Waals surface area contributed by atoms with Gasteiger partial charge in [-0.25, -0.2) is 9.59 Å². The average Bonchev–Trinajstić information content (AvgIpc) is 3.23. The first kappa shape index (κ1) is 69.2. The molecule has 4 heterocycles. The fourth-order valence-electron chi connectivity index (χ4n) is 5.56. The Kier molecular flexibility index (Phi) is 34.8. The van der Waals surface area contributed by atoms with Gasteiger partial charge in [0.2, 0.25) is 0 Å². The molecular formula is C42H44Cd4N4O16. The van der Waals surface area contributed by atoms with Crippen molar-refractivity contribution in [3.05, 3.63) is 185 Å². The number of allylic oxidation sites excluding steroid dienone is 4. The van der Waals surface area contributed by atoms with Gasteiger partial charge in [0.1, 0.15) is 0 Å². The van der Waals surface area contributed by atoms with Crippen molar-refractivity contribution in [2.24, 2.45) is 0 Å². The predicted molar refractivity (Wildman–Crippen MR) is 228 cm³/mol. The summed E-state index contributed by atoms with van der Waals surface area (Å²) in [5, 5.41) is 110. The third kappa shape index (κ3) is 19.0. The van der Waals surface area contributed by atoms with Crippen LogP contribution in [0.5, 0.6) is 0 Å². The van der Waals surface area contributed by atoms with E-state index < -0.39 is 37.1 Å². The zero-order chi connectivity index (χ0) is 41.9. The number of aromatic carboxylic acids is 2. The maximum absolute atomic E-state index is 10.6. The molecule has 18 N–H and O–H groups in total. The van der Waals surface area contributed by atoms with E-state index in [4.69, 9.17) is 51.1 Å². The Bertz CT molecular complexity index is 2260. The standard InChI is InChI=1S/2C12H8N2.2C9H10O6.4Cd.4H2O/c2*1-3-9-5-6-10-4-2-8-14-12(10)11(9)13-7-1;2*10-7(11)4-1-5(8(12)13)3-6(2-4)9(14)15;;;;;;;;/h2*1-8H;2*1-3,7-8,10-13H,(H,14,15);;;;;4*1H2/q2*-2;;;;;2*+2;;;;. The van der Waals surface area contributed by atoms with Crippen molar-refractivity contribution in [1.29, 1.82) is 0 Å². The number of hydrogen-bond acceptors (Lipinski definition) is 10. The number of aliphatic hydroxyl groups excluding tert-OH is 4. The summed E-state index contributed by atoms with van der Waals surface area (Å²) in [4.78, 5) is 21.2. The van der Waals surface area contributed by atoms with Crippen LogP contribution in [0.2, 0.25) is 0 Å². The van der Waals surface area contributed by atoms with Crippen LogP contribution < -0.4 is 20.9 Å². The van der Waals surface area contributed by atoms with Crippen LogP contribution in [-0.4, -0.2) is 84.9 Å². The topological polar surface area (TPSA) is 419 Å². The smallest absolute Gasteiger partial charge is 0.665 e. The van der Waals surface area contributed by atoms with Crippen LogP contribution in [-0.2, 0) is 109 Å². The summed E-state index contributed by atoms with van der Waals surface area (Å²) in [5.74, 6) is -2.58. The molecular weight excluding hydrogens is 1270 g/mol. The van der Waals surface area contributed by atoms with Gasteiger partial charge in [-0.2, -0.15) is 24.8 Å². The molecule has 0 saturated heterocycles. The van der Waals surface area contributed by atoms with Crippen molar-refractivity contribution < 1.29 is 192 Å². The number of carboxylic acid groups (broad SMARTS) is 2. The quantitative estimate of drug-likeness (QED) is 0.0903. The van der Waals surface area contributed by atoms with E-state index in [-0.39, 0.29) is 164 Å². The van der Waals surface area contributed by atoms with Gasteiger partial charge in [-0.05, 0) is 57.3 Å². The van der Waals surface area contributed by atoms with E-state index in [1.165, 1.54) is 0 Å². The molecule has 0 spiro atoms. The Hall–Kier alpha value is -3.33. The van der Waals surface area contributed by atoms with Crippen LogP contribution in [0.15, 0.2) is 110 Å². The Morgan fingerprint density at radius 2 is 0.576 bits per heavy atom. The summed E-state index contributed by atoms with van der Waals surface area (Å²) >= 11 is 0. The Labute approximate surface area is 456 Å². The number of carboxylic acids is 2. The van der Waals surface area contributed by atoms with Gasteiger partial charge in [-0.15, -0.1) is 22.7 Å². The number of carbonyl (C=O) groups is 2. The molecule has 0 aliphatic carbocycles. The van der Waals surface area contributed by atoms with Crippen LogP contribution >= 0.6 is 0 Å². The van der Waals surface area contributed by atoms with Gasteiger partial charge in [0.05, 0.1) is 11.1 Å². The maximum Gasteiger partial charge on any atom is 2.00 e. The number of hydrogen-bond donors (Lipinski definition) is 10.